The summed E-state index contributed by atoms with van der Waals surface area (Å²) in [7, 11) is 0. The van der Waals surface area contributed by atoms with E-state index in [9.17, 15) is 9.59 Å². The van der Waals surface area contributed by atoms with Gasteiger partial charge in [0.05, 0.1) is 5.25 Å². The minimum Gasteiger partial charge on any atom is -0.465 e. The molecule has 5 heteroatoms. The van der Waals surface area contributed by atoms with Gasteiger partial charge in [0, 0.05) is 19.0 Å². The Bertz CT molecular complexity index is 213. The van der Waals surface area contributed by atoms with Gasteiger partial charge >= 0.3 is 6.09 Å². The fourth-order valence-electron chi connectivity index (χ4n) is 1.20. The maximum absolute atomic E-state index is 10.8. The number of likely N-dealkylation sites (tertiary alicyclic amines) is 1. The molecule has 1 N–H and O–H groups in total. The summed E-state index contributed by atoms with van der Waals surface area (Å²) in [6.45, 7) is 2.34. The van der Waals surface area contributed by atoms with E-state index in [0.717, 1.165) is 0 Å². The molecule has 0 saturated carbocycles. The summed E-state index contributed by atoms with van der Waals surface area (Å²) in [6, 6.07) is 0. The van der Waals surface area contributed by atoms with Gasteiger partial charge in [0.1, 0.15) is 5.78 Å². The van der Waals surface area contributed by atoms with Crippen LogP contribution in [0.4, 0.5) is 4.79 Å². The number of thiol groups is 1. The second-order valence-electron chi connectivity index (χ2n) is 3.00. The van der Waals surface area contributed by atoms with Gasteiger partial charge < -0.3 is 10.0 Å². The van der Waals surface area contributed by atoms with Gasteiger partial charge in [-0.25, -0.2) is 4.79 Å². The number of carbonyl (C=O) groups excluding carboxylic acids is 1. The maximum Gasteiger partial charge on any atom is 0.407 e. The highest BCUT2D eigenvalue weighted by Gasteiger charge is 2.36. The largest absolute Gasteiger partial charge is 0.465 e. The highest BCUT2D eigenvalue weighted by molar-refractivity contribution is 7.81. The molecule has 68 valence electrons. The minimum absolute atomic E-state index is 0.00775. The lowest BCUT2D eigenvalue weighted by atomic mass is 9.94. The molecule has 0 radical (unpaired) electrons. The SMILES string of the molecule is CC(=O)C(S)C1CN(C(=O)O)C1. The van der Waals surface area contributed by atoms with Gasteiger partial charge in [-0.15, -0.1) is 0 Å². The number of amides is 1. The number of carboxylic acid groups (broad SMARTS) is 1. The lowest BCUT2D eigenvalue weighted by molar-refractivity contribution is -0.118. The van der Waals surface area contributed by atoms with Crippen LogP contribution in [0.1, 0.15) is 6.92 Å². The third-order valence-corrected chi connectivity index (χ3v) is 2.83. The summed E-state index contributed by atoms with van der Waals surface area (Å²) >= 11 is 4.09. The first kappa shape index (κ1) is 9.38. The average molecular weight is 189 g/mol. The Morgan fingerprint density at radius 3 is 2.42 bits per heavy atom. The van der Waals surface area contributed by atoms with Crippen LogP contribution in [0.25, 0.3) is 0 Å². The van der Waals surface area contributed by atoms with Crippen LogP contribution in [0.15, 0.2) is 0 Å². The second-order valence-corrected chi connectivity index (χ2v) is 3.56. The molecular weight excluding hydrogens is 178 g/mol. The van der Waals surface area contributed by atoms with Crippen LogP contribution in [0.3, 0.4) is 0 Å². The van der Waals surface area contributed by atoms with Gasteiger partial charge in [0.2, 0.25) is 0 Å². The van der Waals surface area contributed by atoms with E-state index < -0.39 is 6.09 Å². The standard InChI is InChI=1S/C7H11NO3S/c1-4(9)6(12)5-2-8(3-5)7(10)11/h5-6,12H,2-3H2,1H3,(H,10,11). The highest BCUT2D eigenvalue weighted by Crippen LogP contribution is 2.23. The van der Waals surface area contributed by atoms with E-state index in [0.29, 0.717) is 13.1 Å². The molecule has 1 heterocycles. The van der Waals surface area contributed by atoms with E-state index in [1.807, 2.05) is 0 Å². The topological polar surface area (TPSA) is 57.6 Å². The Kier molecular flexibility index (Phi) is 2.62. The first-order valence-corrected chi connectivity index (χ1v) is 4.20. The van der Waals surface area contributed by atoms with Crippen molar-refractivity contribution in [2.24, 2.45) is 5.92 Å². The zero-order valence-electron chi connectivity index (χ0n) is 6.73. The summed E-state index contributed by atoms with van der Waals surface area (Å²) in [5.41, 5.74) is 0. The second kappa shape index (κ2) is 3.35. The molecule has 4 nitrogen and oxygen atoms in total. The van der Waals surface area contributed by atoms with Crippen LogP contribution in [0, 0.1) is 5.92 Å². The molecule has 0 aliphatic carbocycles. The van der Waals surface area contributed by atoms with Gasteiger partial charge in [0.15, 0.2) is 0 Å². The average Bonchev–Trinajstić information content (AvgIpc) is 1.82. The Hall–Kier alpha value is -0.710. The molecule has 1 fully saturated rings. The number of carbonyl (C=O) groups is 2. The number of hydrogen-bond acceptors (Lipinski definition) is 3. The van der Waals surface area contributed by atoms with Crippen LogP contribution in [-0.2, 0) is 4.79 Å². The van der Waals surface area contributed by atoms with Crippen molar-refractivity contribution in [3.63, 3.8) is 0 Å². The number of hydrogen-bond donors (Lipinski definition) is 2. The van der Waals surface area contributed by atoms with Crippen molar-refractivity contribution in [2.45, 2.75) is 12.2 Å². The molecule has 1 atom stereocenters. The maximum atomic E-state index is 10.8. The van der Waals surface area contributed by atoms with Gasteiger partial charge in [0.25, 0.3) is 0 Å². The Balaban J connectivity index is 2.34. The third-order valence-electron chi connectivity index (χ3n) is 2.04. The van der Waals surface area contributed by atoms with Gasteiger partial charge in [-0.3, -0.25) is 4.79 Å². The quantitative estimate of drug-likeness (QED) is 0.621. The Morgan fingerprint density at radius 2 is 2.08 bits per heavy atom. The zero-order valence-corrected chi connectivity index (χ0v) is 7.62. The lowest BCUT2D eigenvalue weighted by Gasteiger charge is -2.39. The van der Waals surface area contributed by atoms with E-state index in [2.05, 4.69) is 12.6 Å². The fraction of sp³-hybridized carbons (Fsp3) is 0.714. The molecule has 1 amide bonds. The first-order valence-electron chi connectivity index (χ1n) is 3.68. The minimum atomic E-state index is -0.921. The molecule has 0 spiro atoms. The summed E-state index contributed by atoms with van der Waals surface area (Å²) in [6.07, 6.45) is -0.921. The Morgan fingerprint density at radius 1 is 1.58 bits per heavy atom. The molecule has 0 aromatic heterocycles. The van der Waals surface area contributed by atoms with Crippen molar-refractivity contribution in [3.8, 4) is 0 Å². The highest BCUT2D eigenvalue weighted by atomic mass is 32.1. The molecule has 0 aromatic rings. The molecule has 1 unspecified atom stereocenters. The van der Waals surface area contributed by atoms with Gasteiger partial charge in [-0.05, 0) is 6.92 Å². The fourth-order valence-corrected chi connectivity index (χ4v) is 1.39. The number of nitrogens with zero attached hydrogens (tertiary/aromatic N) is 1. The van der Waals surface area contributed by atoms with Crippen LogP contribution < -0.4 is 0 Å². The summed E-state index contributed by atoms with van der Waals surface area (Å²) in [5.74, 6) is 0.107. The normalized spacial score (nSPS) is 20.0. The van der Waals surface area contributed by atoms with Crippen LogP contribution in [-0.4, -0.2) is 40.2 Å². The molecule has 1 rings (SSSR count). The first-order chi connectivity index (χ1) is 5.52. The molecule has 12 heavy (non-hydrogen) atoms. The molecule has 1 aliphatic rings. The third kappa shape index (κ3) is 1.72. The summed E-state index contributed by atoms with van der Waals surface area (Å²) in [4.78, 5) is 22.4. The molecule has 0 aromatic carbocycles. The van der Waals surface area contributed by atoms with Crippen LogP contribution in [0.2, 0.25) is 0 Å². The van der Waals surface area contributed by atoms with E-state index in [1.165, 1.54) is 11.8 Å². The monoisotopic (exact) mass is 189 g/mol. The summed E-state index contributed by atoms with van der Waals surface area (Å²) < 4.78 is 0. The van der Waals surface area contributed by atoms with Crippen molar-refractivity contribution >= 4 is 24.5 Å². The smallest absolute Gasteiger partial charge is 0.407 e. The number of Topliss-reactive ketones (excluding diaryl/α,β-unsaturated/α-hetero) is 1. The van der Waals surface area contributed by atoms with E-state index in [4.69, 9.17) is 5.11 Å². The zero-order chi connectivity index (χ0) is 9.30. The predicted molar refractivity (Wildman–Crippen MR) is 46.5 cm³/mol. The van der Waals surface area contributed by atoms with Crippen molar-refractivity contribution in [1.82, 2.24) is 4.90 Å². The molecule has 1 aliphatic heterocycles. The van der Waals surface area contributed by atoms with Crippen molar-refractivity contribution in [3.05, 3.63) is 0 Å². The van der Waals surface area contributed by atoms with Crippen molar-refractivity contribution in [1.29, 1.82) is 0 Å². The van der Waals surface area contributed by atoms with Crippen molar-refractivity contribution in [2.75, 3.05) is 13.1 Å². The van der Waals surface area contributed by atoms with E-state index in [-0.39, 0.29) is 17.0 Å². The number of rotatable bonds is 2. The van der Waals surface area contributed by atoms with Crippen LogP contribution >= 0.6 is 12.6 Å². The molecule has 1 saturated heterocycles. The molecule has 0 bridgehead atoms. The van der Waals surface area contributed by atoms with Crippen LogP contribution in [0.5, 0.6) is 0 Å². The van der Waals surface area contributed by atoms with E-state index >= 15 is 0 Å². The van der Waals surface area contributed by atoms with Gasteiger partial charge in [-0.1, -0.05) is 0 Å². The molecular formula is C7H11NO3S. The summed E-state index contributed by atoms with van der Waals surface area (Å²) in [5, 5.41) is 8.18. The van der Waals surface area contributed by atoms with Crippen molar-refractivity contribution < 1.29 is 14.7 Å². The predicted octanol–water partition coefficient (Wildman–Crippen LogP) is 0.484. The Labute approximate surface area is 76.0 Å². The number of ketones is 1. The van der Waals surface area contributed by atoms with E-state index in [1.54, 1.807) is 0 Å². The lowest BCUT2D eigenvalue weighted by Crippen LogP contribution is -2.54. The van der Waals surface area contributed by atoms with Gasteiger partial charge in [-0.2, -0.15) is 12.6 Å².